The lowest BCUT2D eigenvalue weighted by Gasteiger charge is -2.25. The molecule has 4 unspecified atom stereocenters. The van der Waals surface area contributed by atoms with E-state index in [4.69, 9.17) is 11.5 Å². The number of amides is 3. The number of aliphatic hydroxyl groups is 1. The zero-order valence-electron chi connectivity index (χ0n) is 19.7. The van der Waals surface area contributed by atoms with Gasteiger partial charge >= 0.3 is 5.97 Å². The largest absolute Gasteiger partial charge is 0.480 e. The first-order valence-electron chi connectivity index (χ1n) is 11.3. The summed E-state index contributed by atoms with van der Waals surface area (Å²) in [5.74, 6) is -3.66. The Bertz CT molecular complexity index is 804. The molecule has 0 aliphatic heterocycles. The van der Waals surface area contributed by atoms with Crippen LogP contribution in [0.25, 0.3) is 0 Å². The number of hydrogen-bond acceptors (Lipinski definition) is 7. The molecule has 1 aromatic carbocycles. The Hall–Kier alpha value is -3.02. The fourth-order valence-electron chi connectivity index (χ4n) is 3.23. The maximum atomic E-state index is 12.7. The number of carbonyl (C=O) groups excluding carboxylic acids is 3. The number of carbonyl (C=O) groups is 4. The molecule has 0 aliphatic carbocycles. The number of rotatable bonds is 15. The molecule has 0 heterocycles. The van der Waals surface area contributed by atoms with Crippen LogP contribution in [0, 0.1) is 5.92 Å². The van der Waals surface area contributed by atoms with Crippen molar-refractivity contribution in [2.24, 2.45) is 17.4 Å². The second kappa shape index (κ2) is 15.0. The topological polar surface area (TPSA) is 197 Å². The number of nitrogens with two attached hydrogens (primary N) is 2. The van der Waals surface area contributed by atoms with Gasteiger partial charge in [-0.2, -0.15) is 0 Å². The van der Waals surface area contributed by atoms with Crippen molar-refractivity contribution in [2.45, 2.75) is 63.7 Å². The van der Waals surface area contributed by atoms with Crippen LogP contribution in [0.5, 0.6) is 0 Å². The van der Waals surface area contributed by atoms with Crippen molar-refractivity contribution < 1.29 is 29.4 Å². The van der Waals surface area contributed by atoms with E-state index in [1.807, 2.05) is 30.3 Å². The average molecular weight is 480 g/mol. The van der Waals surface area contributed by atoms with Crippen molar-refractivity contribution in [3.8, 4) is 0 Å². The first-order chi connectivity index (χ1) is 16.1. The lowest BCUT2D eigenvalue weighted by atomic mass is 10.0. The number of aliphatic hydroxyl groups excluding tert-OH is 1. The van der Waals surface area contributed by atoms with Gasteiger partial charge in [0, 0.05) is 0 Å². The van der Waals surface area contributed by atoms with Gasteiger partial charge in [0.2, 0.25) is 17.7 Å². The lowest BCUT2D eigenvalue weighted by Crippen LogP contribution is -2.58. The Kier molecular flexibility index (Phi) is 12.8. The number of benzene rings is 1. The minimum Gasteiger partial charge on any atom is -0.480 e. The van der Waals surface area contributed by atoms with E-state index in [1.54, 1.807) is 13.8 Å². The number of aliphatic carboxylic acids is 1. The molecule has 0 saturated carbocycles. The maximum absolute atomic E-state index is 12.7. The molecule has 0 aromatic heterocycles. The maximum Gasteiger partial charge on any atom is 0.326 e. The third-order valence-corrected chi connectivity index (χ3v) is 5.26. The fraction of sp³-hybridized carbons (Fsp3) is 0.565. The summed E-state index contributed by atoms with van der Waals surface area (Å²) >= 11 is 0. The second-order valence-electron chi connectivity index (χ2n) is 8.45. The van der Waals surface area contributed by atoms with Crippen molar-refractivity contribution in [2.75, 3.05) is 13.2 Å². The summed E-state index contributed by atoms with van der Waals surface area (Å²) in [4.78, 5) is 49.4. The van der Waals surface area contributed by atoms with Crippen LogP contribution in [-0.4, -0.2) is 71.2 Å². The van der Waals surface area contributed by atoms with Gasteiger partial charge in [-0.05, 0) is 43.7 Å². The fourth-order valence-corrected chi connectivity index (χ4v) is 3.23. The van der Waals surface area contributed by atoms with Crippen LogP contribution >= 0.6 is 0 Å². The van der Waals surface area contributed by atoms with Crippen molar-refractivity contribution >= 4 is 23.7 Å². The van der Waals surface area contributed by atoms with Gasteiger partial charge in [0.15, 0.2) is 0 Å². The van der Waals surface area contributed by atoms with Gasteiger partial charge < -0.3 is 37.6 Å². The molecular weight excluding hydrogens is 442 g/mol. The molecule has 0 fully saturated rings. The van der Waals surface area contributed by atoms with Crippen LogP contribution in [0.2, 0.25) is 0 Å². The Balaban J connectivity index is 2.83. The molecule has 1 aromatic rings. The number of nitrogens with one attached hydrogen (secondary N) is 3. The van der Waals surface area contributed by atoms with Crippen molar-refractivity contribution in [1.82, 2.24) is 16.0 Å². The molecule has 0 radical (unpaired) electrons. The Morgan fingerprint density at radius 3 is 2.03 bits per heavy atom. The van der Waals surface area contributed by atoms with Gasteiger partial charge in [0.05, 0.1) is 12.6 Å². The Morgan fingerprint density at radius 2 is 1.50 bits per heavy atom. The molecule has 34 heavy (non-hydrogen) atoms. The van der Waals surface area contributed by atoms with E-state index in [0.717, 1.165) is 5.56 Å². The average Bonchev–Trinajstić information content (AvgIpc) is 2.80. The van der Waals surface area contributed by atoms with Crippen LogP contribution in [0.1, 0.15) is 38.7 Å². The molecule has 0 aliphatic rings. The minimum atomic E-state index is -1.33. The summed E-state index contributed by atoms with van der Waals surface area (Å²) in [6, 6.07) is 4.61. The number of carboxylic acid groups (broad SMARTS) is 1. The molecule has 0 bridgehead atoms. The highest BCUT2D eigenvalue weighted by atomic mass is 16.4. The predicted octanol–water partition coefficient (Wildman–Crippen LogP) is -1.13. The predicted molar refractivity (Wildman–Crippen MR) is 126 cm³/mol. The molecule has 0 saturated heterocycles. The summed E-state index contributed by atoms with van der Waals surface area (Å²) in [5, 5.41) is 26.3. The summed E-state index contributed by atoms with van der Waals surface area (Å²) in [7, 11) is 0. The molecule has 4 atom stereocenters. The van der Waals surface area contributed by atoms with E-state index >= 15 is 0 Å². The highest BCUT2D eigenvalue weighted by molar-refractivity contribution is 5.94. The number of carboxylic acids is 1. The zero-order valence-corrected chi connectivity index (χ0v) is 19.7. The third kappa shape index (κ3) is 9.86. The smallest absolute Gasteiger partial charge is 0.326 e. The van der Waals surface area contributed by atoms with Gasteiger partial charge in [0.25, 0.3) is 0 Å². The van der Waals surface area contributed by atoms with E-state index < -0.39 is 54.5 Å². The first kappa shape index (κ1) is 29.0. The van der Waals surface area contributed by atoms with Crippen LogP contribution in [0.4, 0.5) is 0 Å². The normalized spacial score (nSPS) is 14.5. The third-order valence-electron chi connectivity index (χ3n) is 5.26. The van der Waals surface area contributed by atoms with Gasteiger partial charge in [-0.3, -0.25) is 14.4 Å². The van der Waals surface area contributed by atoms with Crippen LogP contribution in [-0.2, 0) is 25.6 Å². The molecule has 3 amide bonds. The van der Waals surface area contributed by atoms with Crippen molar-refractivity contribution in [3.63, 3.8) is 0 Å². The molecule has 11 nitrogen and oxygen atoms in total. The SMILES string of the molecule is CC(C)C(NC(=O)C(CCCCN)NC(=O)C(CO)NC(=O)C(N)Cc1ccccc1)C(=O)O. The molecule has 190 valence electrons. The lowest BCUT2D eigenvalue weighted by molar-refractivity contribution is -0.143. The monoisotopic (exact) mass is 479 g/mol. The molecule has 11 heteroatoms. The second-order valence-corrected chi connectivity index (χ2v) is 8.45. The summed E-state index contributed by atoms with van der Waals surface area (Å²) < 4.78 is 0. The van der Waals surface area contributed by atoms with Crippen LogP contribution in [0.15, 0.2) is 30.3 Å². The van der Waals surface area contributed by atoms with E-state index in [-0.39, 0.29) is 18.8 Å². The molecular formula is C23H37N5O6. The molecule has 9 N–H and O–H groups in total. The van der Waals surface area contributed by atoms with Crippen molar-refractivity contribution in [3.05, 3.63) is 35.9 Å². The highest BCUT2D eigenvalue weighted by Gasteiger charge is 2.30. The summed E-state index contributed by atoms with van der Waals surface area (Å²) in [6.45, 7) is 2.98. The van der Waals surface area contributed by atoms with E-state index in [9.17, 15) is 29.4 Å². The van der Waals surface area contributed by atoms with Crippen molar-refractivity contribution in [1.29, 1.82) is 0 Å². The quantitative estimate of drug-likeness (QED) is 0.153. The Morgan fingerprint density at radius 1 is 0.912 bits per heavy atom. The van der Waals surface area contributed by atoms with Gasteiger partial charge in [-0.1, -0.05) is 44.2 Å². The van der Waals surface area contributed by atoms with E-state index in [0.29, 0.717) is 19.4 Å². The van der Waals surface area contributed by atoms with Crippen LogP contribution in [0.3, 0.4) is 0 Å². The van der Waals surface area contributed by atoms with E-state index in [2.05, 4.69) is 16.0 Å². The standard InChI is InChI=1S/C23H37N5O6/c1-14(2)19(23(33)34)28-21(31)17(10-6-7-11-24)26-22(32)18(13-29)27-20(30)16(25)12-15-8-4-3-5-9-15/h3-5,8-9,14,16-19,29H,6-7,10-13,24-25H2,1-2H3,(H,26,32)(H,27,30)(H,28,31)(H,33,34). The zero-order chi connectivity index (χ0) is 25.7. The highest BCUT2D eigenvalue weighted by Crippen LogP contribution is 2.07. The number of unbranched alkanes of at least 4 members (excludes halogenated alkanes) is 1. The van der Waals surface area contributed by atoms with E-state index in [1.165, 1.54) is 0 Å². The Labute approximate surface area is 199 Å². The molecule has 1 rings (SSSR count). The molecule has 0 spiro atoms. The van der Waals surface area contributed by atoms with Crippen LogP contribution < -0.4 is 27.4 Å². The summed E-state index contributed by atoms with van der Waals surface area (Å²) in [6.07, 6.45) is 1.55. The summed E-state index contributed by atoms with van der Waals surface area (Å²) in [5.41, 5.74) is 12.3. The first-order valence-corrected chi connectivity index (χ1v) is 11.3. The number of hydrogen-bond donors (Lipinski definition) is 7. The van der Waals surface area contributed by atoms with Gasteiger partial charge in [-0.25, -0.2) is 4.79 Å². The van der Waals surface area contributed by atoms with Gasteiger partial charge in [-0.15, -0.1) is 0 Å². The minimum absolute atomic E-state index is 0.207. The van der Waals surface area contributed by atoms with Gasteiger partial charge in [0.1, 0.15) is 18.1 Å².